The van der Waals surface area contributed by atoms with E-state index in [0.29, 0.717) is 25.2 Å². The van der Waals surface area contributed by atoms with Gasteiger partial charge in [-0.25, -0.2) is 8.42 Å². The van der Waals surface area contributed by atoms with Gasteiger partial charge in [0.2, 0.25) is 10.0 Å². The molecule has 22 heavy (non-hydrogen) atoms. The van der Waals surface area contributed by atoms with Gasteiger partial charge < -0.3 is 10.0 Å². The minimum Gasteiger partial charge on any atom is -0.395 e. The number of hydrogen-bond acceptors (Lipinski definition) is 4. The van der Waals surface area contributed by atoms with E-state index in [-0.39, 0.29) is 24.0 Å². The number of carbonyl (C=O) groups is 1. The maximum Gasteiger partial charge on any atom is 0.253 e. The summed E-state index contributed by atoms with van der Waals surface area (Å²) in [5, 5.41) is 8.99. The van der Waals surface area contributed by atoms with Crippen molar-refractivity contribution in [1.82, 2.24) is 9.21 Å². The molecule has 0 fully saturated rings. The van der Waals surface area contributed by atoms with E-state index in [1.807, 2.05) is 6.92 Å². The van der Waals surface area contributed by atoms with Gasteiger partial charge in [-0.1, -0.05) is 19.9 Å². The van der Waals surface area contributed by atoms with Crippen LogP contribution in [0.4, 0.5) is 0 Å². The molecule has 0 radical (unpaired) electrons. The molecule has 0 atom stereocenters. The number of rotatable bonds is 8. The third kappa shape index (κ3) is 4.06. The molecule has 0 saturated heterocycles. The van der Waals surface area contributed by atoms with E-state index < -0.39 is 10.0 Å². The molecule has 0 aliphatic rings. The van der Waals surface area contributed by atoms with Crippen LogP contribution < -0.4 is 0 Å². The summed E-state index contributed by atoms with van der Waals surface area (Å²) in [7, 11) is -3.59. The lowest BCUT2D eigenvalue weighted by atomic mass is 10.2. The van der Waals surface area contributed by atoms with Crippen LogP contribution in [0.3, 0.4) is 0 Å². The van der Waals surface area contributed by atoms with Gasteiger partial charge in [0, 0.05) is 31.7 Å². The molecule has 1 rings (SSSR count). The van der Waals surface area contributed by atoms with E-state index in [1.54, 1.807) is 26.0 Å². The third-order valence-corrected chi connectivity index (χ3v) is 5.51. The van der Waals surface area contributed by atoms with Crippen molar-refractivity contribution in [3.63, 3.8) is 0 Å². The fourth-order valence-corrected chi connectivity index (χ4v) is 3.71. The molecule has 1 aromatic rings. The highest BCUT2D eigenvalue weighted by Gasteiger charge is 2.23. The highest BCUT2D eigenvalue weighted by atomic mass is 32.2. The molecule has 0 heterocycles. The maximum absolute atomic E-state index is 12.5. The van der Waals surface area contributed by atoms with E-state index >= 15 is 0 Å². The van der Waals surface area contributed by atoms with Gasteiger partial charge in [0.1, 0.15) is 0 Å². The molecule has 6 nitrogen and oxygen atoms in total. The van der Waals surface area contributed by atoms with Crippen molar-refractivity contribution < 1.29 is 18.3 Å². The molecule has 0 bridgehead atoms. The largest absolute Gasteiger partial charge is 0.395 e. The molecule has 0 spiro atoms. The summed E-state index contributed by atoms with van der Waals surface area (Å²) in [6.07, 6.45) is 0. The molecule has 0 aromatic heterocycles. The summed E-state index contributed by atoms with van der Waals surface area (Å²) in [5.41, 5.74) is 0.309. The minimum absolute atomic E-state index is 0.113. The topological polar surface area (TPSA) is 77.9 Å². The SMILES string of the molecule is CCN(CCO)C(=O)c1cccc(S(=O)(=O)N(CC)CC)c1. The predicted molar refractivity (Wildman–Crippen MR) is 85.2 cm³/mol. The second-order valence-electron chi connectivity index (χ2n) is 4.73. The van der Waals surface area contributed by atoms with E-state index in [0.717, 1.165) is 0 Å². The van der Waals surface area contributed by atoms with Gasteiger partial charge in [0.25, 0.3) is 5.91 Å². The summed E-state index contributed by atoms with van der Waals surface area (Å²) < 4.78 is 26.3. The lowest BCUT2D eigenvalue weighted by molar-refractivity contribution is 0.0731. The highest BCUT2D eigenvalue weighted by Crippen LogP contribution is 2.18. The molecular formula is C15H24N2O4S. The molecule has 0 saturated carbocycles. The Kier molecular flexibility index (Phi) is 6.99. The Bertz CT molecular complexity index is 597. The summed E-state index contributed by atoms with van der Waals surface area (Å²) in [6, 6.07) is 6.04. The molecule has 0 unspecified atom stereocenters. The number of aliphatic hydroxyl groups is 1. The number of hydrogen-bond donors (Lipinski definition) is 1. The van der Waals surface area contributed by atoms with Gasteiger partial charge in [-0.15, -0.1) is 0 Å². The van der Waals surface area contributed by atoms with Crippen LogP contribution in [0.1, 0.15) is 31.1 Å². The number of likely N-dealkylation sites (N-methyl/N-ethyl adjacent to an activating group) is 1. The molecule has 0 aliphatic heterocycles. The Morgan fingerprint density at radius 1 is 1.14 bits per heavy atom. The van der Waals surface area contributed by atoms with Crippen molar-refractivity contribution in [1.29, 1.82) is 0 Å². The molecule has 0 aliphatic carbocycles. The van der Waals surface area contributed by atoms with Crippen molar-refractivity contribution >= 4 is 15.9 Å². The average Bonchev–Trinajstić information content (AvgIpc) is 2.53. The molecule has 1 N–H and O–H groups in total. The van der Waals surface area contributed by atoms with Gasteiger partial charge in [-0.2, -0.15) is 4.31 Å². The molecule has 7 heteroatoms. The maximum atomic E-state index is 12.5. The number of aliphatic hydroxyl groups excluding tert-OH is 1. The summed E-state index contributed by atoms with van der Waals surface area (Å²) in [5.74, 6) is -0.284. The number of benzene rings is 1. The van der Waals surface area contributed by atoms with Crippen LogP contribution in [-0.2, 0) is 10.0 Å². The Morgan fingerprint density at radius 3 is 2.27 bits per heavy atom. The first-order chi connectivity index (χ1) is 10.4. The van der Waals surface area contributed by atoms with Crippen LogP contribution in [0.25, 0.3) is 0 Å². The summed E-state index contributed by atoms with van der Waals surface area (Å²) in [6.45, 7) is 6.66. The second-order valence-corrected chi connectivity index (χ2v) is 6.66. The van der Waals surface area contributed by atoms with Crippen molar-refractivity contribution in [3.8, 4) is 0 Å². The van der Waals surface area contributed by atoms with Gasteiger partial charge in [-0.05, 0) is 25.1 Å². The first-order valence-corrected chi connectivity index (χ1v) is 8.86. The van der Waals surface area contributed by atoms with Crippen LogP contribution >= 0.6 is 0 Å². The molecule has 1 aromatic carbocycles. The lowest BCUT2D eigenvalue weighted by Crippen LogP contribution is -2.34. The van der Waals surface area contributed by atoms with Crippen LogP contribution in [0, 0.1) is 0 Å². The predicted octanol–water partition coefficient (Wildman–Crippen LogP) is 1.17. The Labute approximate surface area is 132 Å². The van der Waals surface area contributed by atoms with Gasteiger partial charge in [0.15, 0.2) is 0 Å². The van der Waals surface area contributed by atoms with E-state index in [1.165, 1.54) is 21.3 Å². The first-order valence-electron chi connectivity index (χ1n) is 7.42. The Balaban J connectivity index is 3.16. The fraction of sp³-hybridized carbons (Fsp3) is 0.533. The third-order valence-electron chi connectivity index (χ3n) is 3.46. The Hall–Kier alpha value is -1.44. The van der Waals surface area contributed by atoms with Gasteiger partial charge >= 0.3 is 0 Å². The van der Waals surface area contributed by atoms with E-state index in [2.05, 4.69) is 0 Å². The molecular weight excluding hydrogens is 304 g/mol. The average molecular weight is 328 g/mol. The first kappa shape index (κ1) is 18.6. The standard InChI is InChI=1S/C15H24N2O4S/c1-4-16(10-11-18)15(19)13-8-7-9-14(12-13)22(20,21)17(5-2)6-3/h7-9,12,18H,4-6,10-11H2,1-3H3. The quantitative estimate of drug-likeness (QED) is 0.777. The zero-order valence-corrected chi connectivity index (χ0v) is 14.1. The normalized spacial score (nSPS) is 11.7. The van der Waals surface area contributed by atoms with E-state index in [9.17, 15) is 13.2 Å². The van der Waals surface area contributed by atoms with Crippen molar-refractivity contribution in [2.75, 3.05) is 32.8 Å². The Morgan fingerprint density at radius 2 is 1.77 bits per heavy atom. The second kappa shape index (κ2) is 8.26. The van der Waals surface area contributed by atoms with Crippen LogP contribution in [0.2, 0.25) is 0 Å². The molecule has 1 amide bonds. The van der Waals surface area contributed by atoms with Gasteiger partial charge in [-0.3, -0.25) is 4.79 Å². The van der Waals surface area contributed by atoms with E-state index in [4.69, 9.17) is 5.11 Å². The monoisotopic (exact) mass is 328 g/mol. The zero-order valence-electron chi connectivity index (χ0n) is 13.3. The smallest absolute Gasteiger partial charge is 0.253 e. The van der Waals surface area contributed by atoms with Crippen LogP contribution in [-0.4, -0.2) is 61.4 Å². The van der Waals surface area contributed by atoms with Crippen molar-refractivity contribution in [3.05, 3.63) is 29.8 Å². The summed E-state index contributed by atoms with van der Waals surface area (Å²) >= 11 is 0. The molecule has 124 valence electrons. The minimum atomic E-state index is -3.59. The van der Waals surface area contributed by atoms with Crippen LogP contribution in [0.5, 0.6) is 0 Å². The zero-order chi connectivity index (χ0) is 16.8. The fourth-order valence-electron chi connectivity index (χ4n) is 2.21. The number of amides is 1. The highest BCUT2D eigenvalue weighted by molar-refractivity contribution is 7.89. The summed E-state index contributed by atoms with van der Waals surface area (Å²) in [4.78, 5) is 13.9. The lowest BCUT2D eigenvalue weighted by Gasteiger charge is -2.21. The number of nitrogens with zero attached hydrogens (tertiary/aromatic N) is 2. The van der Waals surface area contributed by atoms with Crippen molar-refractivity contribution in [2.24, 2.45) is 0 Å². The number of carbonyl (C=O) groups excluding carboxylic acids is 1. The van der Waals surface area contributed by atoms with Crippen molar-refractivity contribution in [2.45, 2.75) is 25.7 Å². The number of sulfonamides is 1. The van der Waals surface area contributed by atoms with Crippen LogP contribution in [0.15, 0.2) is 29.2 Å². The van der Waals surface area contributed by atoms with Gasteiger partial charge in [0.05, 0.1) is 11.5 Å².